The first-order valence-electron chi connectivity index (χ1n) is 7.60. The minimum Gasteiger partial charge on any atom is -0.345 e. The summed E-state index contributed by atoms with van der Waals surface area (Å²) in [5, 5.41) is 5.23. The molecule has 0 amide bonds. The molecule has 0 saturated heterocycles. The quantitative estimate of drug-likeness (QED) is 0.554. The number of halogens is 2. The van der Waals surface area contributed by atoms with Gasteiger partial charge in [0.1, 0.15) is 11.5 Å². The number of aromatic amines is 1. The highest BCUT2D eigenvalue weighted by Gasteiger charge is 2.18. The first-order valence-corrected chi connectivity index (χ1v) is 7.98. The van der Waals surface area contributed by atoms with Crippen LogP contribution in [0.2, 0.25) is 5.02 Å². The van der Waals surface area contributed by atoms with E-state index in [2.05, 4.69) is 20.1 Å². The predicted molar refractivity (Wildman–Crippen MR) is 94.1 cm³/mol. The second-order valence-corrected chi connectivity index (χ2v) is 5.95. The molecule has 0 radical (unpaired) electrons. The van der Waals surface area contributed by atoms with E-state index in [1.165, 1.54) is 12.3 Å². The summed E-state index contributed by atoms with van der Waals surface area (Å²) in [6.07, 6.45) is 6.69. The zero-order valence-corrected chi connectivity index (χ0v) is 14.0. The number of benzene rings is 1. The number of hydrogen-bond acceptors (Lipinski definition) is 3. The largest absolute Gasteiger partial charge is 0.345 e. The van der Waals surface area contributed by atoms with Crippen molar-refractivity contribution in [2.45, 2.75) is 6.92 Å². The van der Waals surface area contributed by atoms with Crippen molar-refractivity contribution < 1.29 is 4.39 Å². The number of hydrogen-bond donors (Lipinski definition) is 1. The second kappa shape index (κ2) is 6.14. The average molecular weight is 354 g/mol. The Morgan fingerprint density at radius 3 is 2.76 bits per heavy atom. The highest BCUT2D eigenvalue weighted by molar-refractivity contribution is 6.33. The van der Waals surface area contributed by atoms with E-state index in [4.69, 9.17) is 11.6 Å². The Morgan fingerprint density at radius 2 is 2.00 bits per heavy atom. The number of pyridine rings is 1. The molecule has 3 heterocycles. The number of nitrogens with one attached hydrogen (secondary N) is 1. The Bertz CT molecular complexity index is 1040. The van der Waals surface area contributed by atoms with Crippen LogP contribution in [0.1, 0.15) is 5.56 Å². The van der Waals surface area contributed by atoms with Crippen molar-refractivity contribution in [3.8, 4) is 28.3 Å². The fraction of sp³-hybridized carbons (Fsp3) is 0.0556. The van der Waals surface area contributed by atoms with E-state index in [0.29, 0.717) is 22.2 Å². The van der Waals surface area contributed by atoms with Gasteiger partial charge in [-0.2, -0.15) is 9.49 Å². The van der Waals surface area contributed by atoms with E-state index in [-0.39, 0.29) is 0 Å². The van der Waals surface area contributed by atoms with E-state index in [1.807, 2.05) is 25.1 Å². The highest BCUT2D eigenvalue weighted by atomic mass is 35.5. The third-order valence-corrected chi connectivity index (χ3v) is 4.21. The van der Waals surface area contributed by atoms with Crippen LogP contribution in [-0.2, 0) is 0 Å². The van der Waals surface area contributed by atoms with Gasteiger partial charge >= 0.3 is 0 Å². The van der Waals surface area contributed by atoms with Crippen LogP contribution in [0.25, 0.3) is 28.3 Å². The van der Waals surface area contributed by atoms with Crippen molar-refractivity contribution in [2.24, 2.45) is 0 Å². The Kier molecular flexibility index (Phi) is 3.82. The van der Waals surface area contributed by atoms with Gasteiger partial charge in [-0.1, -0.05) is 29.8 Å². The lowest BCUT2D eigenvalue weighted by atomic mass is 10.1. The molecule has 0 aliphatic rings. The first kappa shape index (κ1) is 15.5. The minimum atomic E-state index is -0.560. The lowest BCUT2D eigenvalue weighted by Gasteiger charge is -2.05. The fourth-order valence-corrected chi connectivity index (χ4v) is 2.90. The number of imidazole rings is 1. The maximum atomic E-state index is 13.6. The van der Waals surface area contributed by atoms with Gasteiger partial charge in [0.2, 0.25) is 5.95 Å². The Hall–Kier alpha value is -2.99. The summed E-state index contributed by atoms with van der Waals surface area (Å²) < 4.78 is 15.2. The van der Waals surface area contributed by atoms with Gasteiger partial charge in [-0.3, -0.25) is 0 Å². The summed E-state index contributed by atoms with van der Waals surface area (Å²) in [5.74, 6) is 0.100. The van der Waals surface area contributed by atoms with Gasteiger partial charge < -0.3 is 4.98 Å². The monoisotopic (exact) mass is 353 g/mol. The van der Waals surface area contributed by atoms with E-state index < -0.39 is 5.95 Å². The highest BCUT2D eigenvalue weighted by Crippen LogP contribution is 2.34. The number of aromatic nitrogens is 5. The molecule has 5 nitrogen and oxygen atoms in total. The number of aryl methyl sites for hydroxylation is 1. The van der Waals surface area contributed by atoms with Gasteiger partial charge in [0.05, 0.1) is 16.3 Å². The summed E-state index contributed by atoms with van der Waals surface area (Å²) in [5.41, 5.74) is 3.63. The van der Waals surface area contributed by atoms with Gasteiger partial charge in [-0.25, -0.2) is 14.6 Å². The zero-order valence-electron chi connectivity index (χ0n) is 13.2. The first-order chi connectivity index (χ1) is 12.1. The Labute approximate surface area is 148 Å². The van der Waals surface area contributed by atoms with E-state index >= 15 is 0 Å². The smallest absolute Gasteiger partial charge is 0.214 e. The van der Waals surface area contributed by atoms with Crippen molar-refractivity contribution in [3.05, 3.63) is 71.7 Å². The topological polar surface area (TPSA) is 59.4 Å². The summed E-state index contributed by atoms with van der Waals surface area (Å²) in [7, 11) is 0. The van der Waals surface area contributed by atoms with E-state index in [0.717, 1.165) is 16.7 Å². The number of rotatable bonds is 3. The van der Waals surface area contributed by atoms with Crippen molar-refractivity contribution in [3.63, 3.8) is 0 Å². The van der Waals surface area contributed by atoms with Crippen molar-refractivity contribution in [2.75, 3.05) is 0 Å². The van der Waals surface area contributed by atoms with Crippen LogP contribution in [0, 0.1) is 12.9 Å². The summed E-state index contributed by atoms with van der Waals surface area (Å²) >= 11 is 6.35. The maximum absolute atomic E-state index is 13.6. The molecule has 0 aliphatic carbocycles. The van der Waals surface area contributed by atoms with Crippen LogP contribution >= 0.6 is 11.6 Å². The van der Waals surface area contributed by atoms with Gasteiger partial charge in [0.25, 0.3) is 0 Å². The molecule has 25 heavy (non-hydrogen) atoms. The molecule has 4 aromatic rings. The molecule has 7 heteroatoms. The second-order valence-electron chi connectivity index (χ2n) is 5.55. The number of nitrogens with zero attached hydrogens (tertiary/aromatic N) is 4. The fourth-order valence-electron chi connectivity index (χ4n) is 2.67. The van der Waals surface area contributed by atoms with Crippen LogP contribution in [0.5, 0.6) is 0 Å². The number of H-pyrrole nitrogens is 1. The molecule has 0 spiro atoms. The molecule has 0 atom stereocenters. The molecule has 0 unspecified atom stereocenters. The Morgan fingerprint density at radius 1 is 1.16 bits per heavy atom. The molecule has 0 fully saturated rings. The Balaban J connectivity index is 1.96. The molecule has 124 valence electrons. The van der Waals surface area contributed by atoms with Crippen LogP contribution in [-0.4, -0.2) is 24.7 Å². The van der Waals surface area contributed by atoms with Gasteiger partial charge in [-0.15, -0.1) is 0 Å². The average Bonchev–Trinajstić information content (AvgIpc) is 3.26. The third kappa shape index (κ3) is 2.81. The minimum absolute atomic E-state index is 0.560. The normalized spacial score (nSPS) is 11.0. The van der Waals surface area contributed by atoms with E-state index in [1.54, 1.807) is 29.3 Å². The summed E-state index contributed by atoms with van der Waals surface area (Å²) in [4.78, 5) is 11.1. The molecule has 0 saturated carbocycles. The molecule has 1 N–H and O–H groups in total. The lowest BCUT2D eigenvalue weighted by Crippen LogP contribution is -2.00. The zero-order chi connectivity index (χ0) is 17.4. The maximum Gasteiger partial charge on any atom is 0.214 e. The molecular formula is C18H13ClFN5. The van der Waals surface area contributed by atoms with Gasteiger partial charge in [-0.05, 0) is 18.6 Å². The van der Waals surface area contributed by atoms with Crippen molar-refractivity contribution in [1.29, 1.82) is 0 Å². The summed E-state index contributed by atoms with van der Waals surface area (Å²) in [6, 6.07) is 8.80. The van der Waals surface area contributed by atoms with Crippen LogP contribution < -0.4 is 0 Å². The van der Waals surface area contributed by atoms with Crippen LogP contribution in [0.3, 0.4) is 0 Å². The molecule has 0 bridgehead atoms. The summed E-state index contributed by atoms with van der Waals surface area (Å²) in [6.45, 7) is 1.85. The SMILES string of the molecule is Cc1cnc(F)cc1-n1cc(-c2ncc[nH]2)c(-c2ccccc2Cl)n1. The standard InChI is InChI=1S/C18H13ClFN5/c1-11-9-23-16(20)8-15(11)25-10-13(18-21-6-7-22-18)17(24-25)12-4-2-3-5-14(12)19/h2-10H,1H3,(H,21,22). The van der Waals surface area contributed by atoms with Crippen molar-refractivity contribution >= 4 is 11.6 Å². The lowest BCUT2D eigenvalue weighted by molar-refractivity contribution is 0.580. The third-order valence-electron chi connectivity index (χ3n) is 3.88. The molecular weight excluding hydrogens is 341 g/mol. The van der Waals surface area contributed by atoms with E-state index in [9.17, 15) is 4.39 Å². The molecule has 1 aromatic carbocycles. The molecule has 3 aromatic heterocycles. The van der Waals surface area contributed by atoms with Crippen molar-refractivity contribution in [1.82, 2.24) is 24.7 Å². The predicted octanol–water partition coefficient (Wildman–Crippen LogP) is 4.43. The van der Waals surface area contributed by atoms with Gasteiger partial charge in [0, 0.05) is 36.4 Å². The molecule has 4 rings (SSSR count). The van der Waals surface area contributed by atoms with Crippen LogP contribution in [0.15, 0.2) is 55.1 Å². The van der Waals surface area contributed by atoms with Gasteiger partial charge in [0.15, 0.2) is 0 Å². The van der Waals surface area contributed by atoms with Crippen LogP contribution in [0.4, 0.5) is 4.39 Å². The molecule has 0 aliphatic heterocycles.